The maximum Gasteiger partial charge on any atom is 0.407 e. The number of aryl methyl sites for hydroxylation is 1. The third kappa shape index (κ3) is 10.2. The number of fused-ring (bicyclic) bond motifs is 1. The van der Waals surface area contributed by atoms with E-state index in [2.05, 4.69) is 28.1 Å². The number of ether oxygens (including phenoxy) is 3. The summed E-state index contributed by atoms with van der Waals surface area (Å²) in [5.74, 6) is 2.19. The largest absolute Gasteiger partial charge is 0.444 e. The number of hydrogen-bond donors (Lipinski definition) is 1. The Morgan fingerprint density at radius 1 is 1.11 bits per heavy atom. The maximum atomic E-state index is 13.4. The summed E-state index contributed by atoms with van der Waals surface area (Å²) in [6, 6.07) is 16.2. The first-order valence-corrected chi connectivity index (χ1v) is 18.8. The van der Waals surface area contributed by atoms with Gasteiger partial charge in [-0.15, -0.1) is 23.5 Å². The molecule has 2 atom stereocenters. The molecular weight excluding hydrogens is 625 g/mol. The number of carbonyl (C=O) groups excluding carboxylic acids is 1. The van der Waals surface area contributed by atoms with Crippen LogP contribution in [0.15, 0.2) is 71.0 Å². The van der Waals surface area contributed by atoms with Crippen LogP contribution in [-0.4, -0.2) is 58.0 Å². The van der Waals surface area contributed by atoms with Crippen LogP contribution in [0.2, 0.25) is 0 Å². The molecule has 0 spiro atoms. The van der Waals surface area contributed by atoms with Gasteiger partial charge in [0.2, 0.25) is 0 Å². The monoisotopic (exact) mass is 670 g/mol. The van der Waals surface area contributed by atoms with E-state index in [0.29, 0.717) is 26.3 Å². The highest BCUT2D eigenvalue weighted by molar-refractivity contribution is 8.16. The minimum absolute atomic E-state index is 0.237. The van der Waals surface area contributed by atoms with Gasteiger partial charge in [0.1, 0.15) is 5.60 Å². The lowest BCUT2D eigenvalue weighted by Crippen LogP contribution is -2.34. The van der Waals surface area contributed by atoms with E-state index in [9.17, 15) is 9.00 Å². The summed E-state index contributed by atoms with van der Waals surface area (Å²) in [6.45, 7) is 13.2. The lowest BCUT2D eigenvalue weighted by Gasteiger charge is -2.23. The summed E-state index contributed by atoms with van der Waals surface area (Å²) >= 11 is 3.93. The molecule has 1 saturated heterocycles. The van der Waals surface area contributed by atoms with Gasteiger partial charge in [-0.3, -0.25) is 0 Å². The summed E-state index contributed by atoms with van der Waals surface area (Å²) < 4.78 is 33.1. The van der Waals surface area contributed by atoms with Crippen LogP contribution < -0.4 is 5.32 Å². The number of thioether (sulfide) groups is 2. The number of para-hydroxylation sites is 1. The highest BCUT2D eigenvalue weighted by Crippen LogP contribution is 2.49. The molecule has 2 heterocycles. The van der Waals surface area contributed by atoms with Crippen molar-refractivity contribution in [2.45, 2.75) is 75.9 Å². The van der Waals surface area contributed by atoms with E-state index >= 15 is 0 Å². The Kier molecular flexibility index (Phi) is 13.3. The van der Waals surface area contributed by atoms with Crippen molar-refractivity contribution in [2.75, 3.05) is 31.3 Å². The van der Waals surface area contributed by atoms with Gasteiger partial charge in [-0.2, -0.15) is 0 Å². The number of amides is 1. The summed E-state index contributed by atoms with van der Waals surface area (Å²) in [4.78, 5) is 13.3. The molecule has 3 aromatic rings. The Morgan fingerprint density at radius 3 is 2.51 bits per heavy atom. The van der Waals surface area contributed by atoms with Gasteiger partial charge in [0.25, 0.3) is 0 Å². The molecule has 1 unspecified atom stereocenters. The number of rotatable bonds is 13. The average molecular weight is 671 g/mol. The Bertz CT molecular complexity index is 1500. The third-order valence-electron chi connectivity index (χ3n) is 7.01. The second kappa shape index (κ2) is 16.9. The predicted octanol–water partition coefficient (Wildman–Crippen LogP) is 8.45. The van der Waals surface area contributed by atoms with E-state index in [0.717, 1.165) is 38.7 Å². The van der Waals surface area contributed by atoms with E-state index in [4.69, 9.17) is 14.2 Å². The molecule has 0 bridgehead atoms. The van der Waals surface area contributed by atoms with Crippen molar-refractivity contribution in [1.29, 1.82) is 0 Å². The molecule has 1 fully saturated rings. The molecule has 7 nitrogen and oxygen atoms in total. The van der Waals surface area contributed by atoms with E-state index in [-0.39, 0.29) is 10.9 Å². The minimum Gasteiger partial charge on any atom is -0.444 e. The zero-order valence-electron chi connectivity index (χ0n) is 27.2. The molecule has 2 aromatic carbocycles. The van der Waals surface area contributed by atoms with Gasteiger partial charge in [-0.25, -0.2) is 9.00 Å². The highest BCUT2D eigenvalue weighted by atomic mass is 32.2. The molecule has 0 radical (unpaired) electrons. The number of hydrogen-bond acceptors (Lipinski definition) is 7. The number of allylic oxidation sites excluding steroid dienone is 2. The van der Waals surface area contributed by atoms with E-state index in [1.54, 1.807) is 5.41 Å². The zero-order chi connectivity index (χ0) is 32.4. The Labute approximate surface area is 279 Å². The molecule has 4 rings (SSSR count). The number of nitrogens with zero attached hydrogens (tertiary/aromatic N) is 1. The van der Waals surface area contributed by atoms with E-state index in [1.807, 2.05) is 108 Å². The SMILES string of the molecule is CCOC(C)OC/C=C(/C=C\[S@@](=O)c1ccc(C)cc1)c1c(C2SCCCS2)c2ccccc2n1CCNC(=O)OC(C)(C)C. The molecule has 10 heteroatoms. The van der Waals surface area contributed by atoms with Crippen LogP contribution in [0.1, 0.15) is 62.4 Å². The van der Waals surface area contributed by atoms with Gasteiger partial charge in [0.15, 0.2) is 6.29 Å². The number of aromatic nitrogens is 1. The van der Waals surface area contributed by atoms with Crippen molar-refractivity contribution < 1.29 is 23.2 Å². The predicted molar refractivity (Wildman–Crippen MR) is 190 cm³/mol. The number of nitrogens with one attached hydrogen (secondary N) is 1. The van der Waals surface area contributed by atoms with Crippen LogP contribution in [0, 0.1) is 6.92 Å². The van der Waals surface area contributed by atoms with Crippen molar-refractivity contribution in [3.05, 3.63) is 82.9 Å². The Balaban J connectivity index is 1.80. The molecule has 45 heavy (non-hydrogen) atoms. The number of carbonyl (C=O) groups is 1. The van der Waals surface area contributed by atoms with Crippen LogP contribution in [0.25, 0.3) is 16.5 Å². The minimum atomic E-state index is -1.34. The first-order valence-electron chi connectivity index (χ1n) is 15.5. The molecule has 1 aliphatic rings. The smallest absolute Gasteiger partial charge is 0.407 e. The molecule has 1 amide bonds. The van der Waals surface area contributed by atoms with Crippen molar-refractivity contribution in [3.8, 4) is 0 Å². The highest BCUT2D eigenvalue weighted by Gasteiger charge is 2.28. The standard InChI is InChI=1S/C35H46N2O5S3/c1-7-40-26(3)41-21-17-27(18-24-45(39)28-15-13-25(2)14-16-28)32-31(33-43-22-10-23-44-33)29-11-8-9-12-30(29)37(32)20-19-36-34(38)42-35(4,5)6/h8-9,11-18,24,26,33H,7,10,19-23H2,1-6H3,(H,36,38)/b24-18-,27-17-/t26?,45-/m1/s1. The first-order chi connectivity index (χ1) is 21.6. The van der Waals surface area contributed by atoms with Crippen LogP contribution in [-0.2, 0) is 31.6 Å². The second-order valence-electron chi connectivity index (χ2n) is 11.7. The topological polar surface area (TPSA) is 78.8 Å². The van der Waals surface area contributed by atoms with Crippen LogP contribution in [0.5, 0.6) is 0 Å². The third-order valence-corrected chi connectivity index (χ3v) is 11.1. The van der Waals surface area contributed by atoms with Gasteiger partial charge in [-0.05, 0) is 95.4 Å². The molecule has 0 aliphatic carbocycles. The fourth-order valence-corrected chi connectivity index (χ4v) is 8.87. The summed E-state index contributed by atoms with van der Waals surface area (Å²) in [5, 5.41) is 5.87. The van der Waals surface area contributed by atoms with Crippen LogP contribution in [0.4, 0.5) is 4.79 Å². The summed E-state index contributed by atoms with van der Waals surface area (Å²) in [7, 11) is -1.34. The normalized spacial score (nSPS) is 16.3. The summed E-state index contributed by atoms with van der Waals surface area (Å²) in [5.41, 5.74) is 4.82. The maximum absolute atomic E-state index is 13.4. The Morgan fingerprint density at radius 2 is 1.82 bits per heavy atom. The van der Waals surface area contributed by atoms with Crippen LogP contribution in [0.3, 0.4) is 0 Å². The lowest BCUT2D eigenvalue weighted by atomic mass is 10.1. The van der Waals surface area contributed by atoms with Crippen LogP contribution >= 0.6 is 23.5 Å². The first kappa shape index (κ1) is 35.4. The zero-order valence-corrected chi connectivity index (χ0v) is 29.6. The molecule has 1 N–H and O–H groups in total. The van der Waals surface area contributed by atoms with Gasteiger partial charge < -0.3 is 24.1 Å². The molecular formula is C35H46N2O5S3. The van der Waals surface area contributed by atoms with E-state index in [1.165, 1.54) is 17.4 Å². The molecule has 244 valence electrons. The lowest BCUT2D eigenvalue weighted by molar-refractivity contribution is -0.118. The van der Waals surface area contributed by atoms with Crippen molar-refractivity contribution in [2.24, 2.45) is 0 Å². The van der Waals surface area contributed by atoms with Gasteiger partial charge in [0, 0.05) is 46.5 Å². The summed E-state index contributed by atoms with van der Waals surface area (Å²) in [6.07, 6.45) is 4.39. The molecule has 1 aromatic heterocycles. The second-order valence-corrected chi connectivity index (χ2v) is 15.8. The quantitative estimate of drug-likeness (QED) is 0.144. The van der Waals surface area contributed by atoms with Crippen molar-refractivity contribution in [3.63, 3.8) is 0 Å². The number of alkyl carbamates (subject to hydrolysis) is 1. The number of benzene rings is 2. The van der Waals surface area contributed by atoms with Crippen molar-refractivity contribution in [1.82, 2.24) is 9.88 Å². The fourth-order valence-electron chi connectivity index (χ4n) is 5.04. The van der Waals surface area contributed by atoms with Gasteiger partial charge in [-0.1, -0.05) is 35.9 Å². The fraction of sp³-hybridized carbons (Fsp3) is 0.457. The Hall–Kier alpha value is -2.50. The average Bonchev–Trinajstić information content (AvgIpc) is 3.32. The van der Waals surface area contributed by atoms with Gasteiger partial charge >= 0.3 is 6.09 Å². The van der Waals surface area contributed by atoms with E-state index < -0.39 is 22.5 Å². The van der Waals surface area contributed by atoms with Crippen molar-refractivity contribution >= 4 is 56.9 Å². The van der Waals surface area contributed by atoms with Gasteiger partial charge in [0.05, 0.1) is 27.7 Å². The molecule has 1 aliphatic heterocycles. The molecule has 0 saturated carbocycles.